The van der Waals surface area contributed by atoms with Crippen LogP contribution in [-0.2, 0) is 6.42 Å². The zero-order valence-corrected chi connectivity index (χ0v) is 15.6. The summed E-state index contributed by atoms with van der Waals surface area (Å²) in [6.07, 6.45) is 8.22. The van der Waals surface area contributed by atoms with Gasteiger partial charge in [-0.05, 0) is 65.0 Å². The summed E-state index contributed by atoms with van der Waals surface area (Å²) in [4.78, 5) is 2.60. The number of anilines is 1. The lowest BCUT2D eigenvalue weighted by Crippen LogP contribution is -2.40. The van der Waals surface area contributed by atoms with Crippen molar-refractivity contribution in [3.8, 4) is 0 Å². The first kappa shape index (κ1) is 21.4. The molecule has 0 fully saturated rings. The zero-order valence-electron chi connectivity index (χ0n) is 15.6. The van der Waals surface area contributed by atoms with E-state index in [-0.39, 0.29) is 17.5 Å². The predicted molar refractivity (Wildman–Crippen MR) is 100 cm³/mol. The van der Waals surface area contributed by atoms with Crippen molar-refractivity contribution in [2.45, 2.75) is 71.5 Å². The molecule has 6 heteroatoms. The van der Waals surface area contributed by atoms with Crippen molar-refractivity contribution in [1.82, 2.24) is 4.98 Å². The molecule has 0 amide bonds. The molecule has 4 N–H and O–H groups in total. The maximum absolute atomic E-state index is 10.8. The predicted octanol–water partition coefficient (Wildman–Crippen LogP) is 3.84. The van der Waals surface area contributed by atoms with Crippen LogP contribution in [-0.4, -0.2) is 32.1 Å². The first-order valence-corrected chi connectivity index (χ1v) is 8.64. The molecule has 1 rings (SSSR count). The second-order valence-corrected chi connectivity index (χ2v) is 7.15. The van der Waals surface area contributed by atoms with Crippen LogP contribution in [0, 0.1) is 5.21 Å². The molecule has 0 spiro atoms. The Morgan fingerprint density at radius 3 is 2.56 bits per heavy atom. The summed E-state index contributed by atoms with van der Waals surface area (Å²) in [5.41, 5.74) is 2.00. The molecular formula is C19H31N2O4-. The molecule has 6 nitrogen and oxygen atoms in total. The van der Waals surface area contributed by atoms with Crippen LogP contribution in [0.25, 0.3) is 0 Å². The van der Waals surface area contributed by atoms with Gasteiger partial charge in [0.25, 0.3) is 0 Å². The molecule has 0 aromatic carbocycles. The Labute approximate surface area is 150 Å². The van der Waals surface area contributed by atoms with Gasteiger partial charge in [0, 0.05) is 12.6 Å². The van der Waals surface area contributed by atoms with Crippen molar-refractivity contribution in [2.24, 2.45) is 0 Å². The Bertz CT molecular complexity index is 584. The molecule has 0 aliphatic heterocycles. The Hall–Kier alpha value is -1.60. The lowest BCUT2D eigenvalue weighted by atomic mass is 9.89. The molecule has 1 heterocycles. The highest BCUT2D eigenvalue weighted by molar-refractivity contribution is 5.40. The molecule has 0 aliphatic carbocycles. The van der Waals surface area contributed by atoms with Crippen molar-refractivity contribution in [3.05, 3.63) is 46.3 Å². The number of hydrogen-bond donors (Lipinski definition) is 4. The average Bonchev–Trinajstić information content (AvgIpc) is 2.95. The molecule has 25 heavy (non-hydrogen) atoms. The van der Waals surface area contributed by atoms with Crippen LogP contribution in [0.1, 0.15) is 58.9 Å². The van der Waals surface area contributed by atoms with Gasteiger partial charge in [-0.2, -0.15) is 0 Å². The van der Waals surface area contributed by atoms with Crippen molar-refractivity contribution in [1.29, 1.82) is 0 Å². The summed E-state index contributed by atoms with van der Waals surface area (Å²) >= 11 is 0. The first-order valence-electron chi connectivity index (χ1n) is 8.64. The van der Waals surface area contributed by atoms with Crippen LogP contribution < -0.4 is 5.23 Å². The maximum Gasteiger partial charge on any atom is 0.119 e. The van der Waals surface area contributed by atoms with Crippen LogP contribution >= 0.6 is 0 Å². The second-order valence-electron chi connectivity index (χ2n) is 7.15. The van der Waals surface area contributed by atoms with Gasteiger partial charge in [-0.15, -0.1) is 0 Å². The quantitative estimate of drug-likeness (QED) is 0.379. The average molecular weight is 351 g/mol. The van der Waals surface area contributed by atoms with Gasteiger partial charge in [-0.25, -0.2) is 0 Å². The highest BCUT2D eigenvalue weighted by Crippen LogP contribution is 2.23. The molecule has 2 unspecified atom stereocenters. The Morgan fingerprint density at radius 1 is 1.32 bits per heavy atom. The monoisotopic (exact) mass is 351 g/mol. The second kappa shape index (κ2) is 9.77. The topological polar surface area (TPSA) is 103 Å². The van der Waals surface area contributed by atoms with E-state index >= 15 is 0 Å². The summed E-state index contributed by atoms with van der Waals surface area (Å²) < 4.78 is 0. The van der Waals surface area contributed by atoms with Gasteiger partial charge in [0.05, 0.1) is 11.7 Å². The Kier molecular flexibility index (Phi) is 8.38. The summed E-state index contributed by atoms with van der Waals surface area (Å²) in [5, 5.41) is 40.1. The minimum atomic E-state index is -1.23. The van der Waals surface area contributed by atoms with Gasteiger partial charge in [-0.1, -0.05) is 23.3 Å². The van der Waals surface area contributed by atoms with Crippen LogP contribution in [0.3, 0.4) is 0 Å². The third kappa shape index (κ3) is 7.88. The van der Waals surface area contributed by atoms with E-state index in [1.165, 1.54) is 23.4 Å². The minimum Gasteiger partial charge on any atom is -0.732 e. The fourth-order valence-electron chi connectivity index (χ4n) is 2.56. The van der Waals surface area contributed by atoms with Crippen LogP contribution in [0.15, 0.2) is 35.6 Å². The van der Waals surface area contributed by atoms with Crippen LogP contribution in [0.4, 0.5) is 5.82 Å². The van der Waals surface area contributed by atoms with E-state index in [1.54, 1.807) is 6.92 Å². The lowest BCUT2D eigenvalue weighted by Gasteiger charge is -2.28. The Morgan fingerprint density at radius 2 is 2.00 bits per heavy atom. The molecule has 0 saturated heterocycles. The summed E-state index contributed by atoms with van der Waals surface area (Å²) in [6.45, 7) is 7.86. The highest BCUT2D eigenvalue weighted by atomic mass is 16.8. The highest BCUT2D eigenvalue weighted by Gasteiger charge is 2.29. The molecule has 0 radical (unpaired) electrons. The van der Waals surface area contributed by atoms with E-state index in [0.717, 1.165) is 12.8 Å². The molecule has 0 saturated carbocycles. The third-order valence-electron chi connectivity index (χ3n) is 4.32. The van der Waals surface area contributed by atoms with E-state index in [0.29, 0.717) is 18.4 Å². The molecule has 0 aliphatic rings. The van der Waals surface area contributed by atoms with E-state index in [9.17, 15) is 15.4 Å². The van der Waals surface area contributed by atoms with Crippen molar-refractivity contribution < 1.29 is 15.4 Å². The van der Waals surface area contributed by atoms with Crippen molar-refractivity contribution in [3.63, 3.8) is 0 Å². The van der Waals surface area contributed by atoms with E-state index in [4.69, 9.17) is 5.21 Å². The number of allylic oxidation sites excluding steroid dienone is 4. The standard InChI is InChI=1S/C19H31N2O4/c1-14(2)7-5-8-15(3)9-6-10-19(4,23)17(22)11-16-12-18(20-13-16)21(24)25/h7,9,12-13,17,20,22-24H,5-6,8,10-11H2,1-4H3/q-1. The van der Waals surface area contributed by atoms with Gasteiger partial charge < -0.3 is 25.6 Å². The fraction of sp³-hybridized carbons (Fsp3) is 0.579. The number of rotatable bonds is 10. The molecule has 2 atom stereocenters. The number of aliphatic hydroxyl groups is 2. The number of aliphatic hydroxyl groups excluding tert-OH is 1. The lowest BCUT2D eigenvalue weighted by molar-refractivity contribution is -0.0654. The van der Waals surface area contributed by atoms with Crippen LogP contribution in [0.2, 0.25) is 0 Å². The largest absolute Gasteiger partial charge is 0.732 e. The van der Waals surface area contributed by atoms with Gasteiger partial charge in [0.15, 0.2) is 0 Å². The first-order chi connectivity index (χ1) is 11.6. The van der Waals surface area contributed by atoms with Gasteiger partial charge >= 0.3 is 0 Å². The summed E-state index contributed by atoms with van der Waals surface area (Å²) in [7, 11) is 0. The minimum absolute atomic E-state index is 0.00299. The maximum atomic E-state index is 10.8. The van der Waals surface area contributed by atoms with Gasteiger partial charge in [0.1, 0.15) is 5.82 Å². The SMILES string of the molecule is CC(C)=CCCC(C)=CCCC(C)(O)C(O)Cc1c[nH]c(N([O-])O)c1. The smallest absolute Gasteiger partial charge is 0.119 e. The van der Waals surface area contributed by atoms with E-state index in [1.807, 2.05) is 0 Å². The molecule has 142 valence electrons. The van der Waals surface area contributed by atoms with E-state index < -0.39 is 11.7 Å². The zero-order chi connectivity index (χ0) is 19.0. The molecular weight excluding hydrogens is 320 g/mol. The number of aromatic amines is 1. The van der Waals surface area contributed by atoms with Crippen molar-refractivity contribution >= 4 is 5.82 Å². The van der Waals surface area contributed by atoms with Gasteiger partial charge in [-0.3, -0.25) is 5.21 Å². The fourth-order valence-corrected chi connectivity index (χ4v) is 2.56. The molecule has 1 aromatic rings. The van der Waals surface area contributed by atoms with E-state index in [2.05, 4.69) is 37.9 Å². The normalized spacial score (nSPS) is 15.6. The number of H-pyrrole nitrogens is 1. The molecule has 0 bridgehead atoms. The summed E-state index contributed by atoms with van der Waals surface area (Å²) in [6, 6.07) is 1.44. The van der Waals surface area contributed by atoms with Crippen molar-refractivity contribution in [2.75, 3.05) is 5.23 Å². The van der Waals surface area contributed by atoms with Gasteiger partial charge in [0.2, 0.25) is 0 Å². The number of nitrogens with zero attached hydrogens (tertiary/aromatic N) is 1. The number of nitrogens with one attached hydrogen (secondary N) is 1. The molecule has 1 aromatic heterocycles. The number of aromatic nitrogens is 1. The Balaban J connectivity index is 2.48. The summed E-state index contributed by atoms with van der Waals surface area (Å²) in [5.74, 6) is -0.00299. The third-order valence-corrected chi connectivity index (χ3v) is 4.32. The number of hydrogen-bond acceptors (Lipinski definition) is 5. The van der Waals surface area contributed by atoms with Crippen LogP contribution in [0.5, 0.6) is 0 Å².